The number of carbonyl (C=O) groups is 1. The molecule has 0 saturated heterocycles. The number of nitrogens with zero attached hydrogens (tertiary/aromatic N) is 1. The number of hydrogen-bond acceptors (Lipinski definition) is 2. The van der Waals surface area contributed by atoms with E-state index in [1.165, 1.54) is 32.1 Å². The van der Waals surface area contributed by atoms with Crippen LogP contribution in [0.3, 0.4) is 0 Å². The van der Waals surface area contributed by atoms with Crippen LogP contribution in [0.2, 0.25) is 0 Å². The fourth-order valence-electron chi connectivity index (χ4n) is 3.51. The molecule has 3 rings (SSSR count). The smallest absolute Gasteiger partial charge is 0.306 e. The monoisotopic (exact) mass is 262 g/mol. The fraction of sp³-hybridized carbons (Fsp3) is 0.733. The molecule has 19 heavy (non-hydrogen) atoms. The normalized spacial score (nSPS) is 23.5. The molecule has 2 aliphatic carbocycles. The second-order valence-corrected chi connectivity index (χ2v) is 6.08. The van der Waals surface area contributed by atoms with Crippen LogP contribution in [0, 0.1) is 11.8 Å². The van der Waals surface area contributed by atoms with Gasteiger partial charge in [-0.25, -0.2) is 4.98 Å². The molecule has 0 spiro atoms. The van der Waals surface area contributed by atoms with Crippen LogP contribution in [0.5, 0.6) is 0 Å². The van der Waals surface area contributed by atoms with Crippen LogP contribution >= 0.6 is 0 Å². The van der Waals surface area contributed by atoms with E-state index in [9.17, 15) is 4.79 Å². The molecular weight excluding hydrogens is 240 g/mol. The maximum atomic E-state index is 11.0. The average molecular weight is 262 g/mol. The first-order valence-corrected chi connectivity index (χ1v) is 7.52. The summed E-state index contributed by atoms with van der Waals surface area (Å²) in [6.07, 6.45) is 9.95. The minimum atomic E-state index is -0.673. The number of carboxylic acid groups (broad SMARTS) is 1. The Morgan fingerprint density at radius 1 is 1.32 bits per heavy atom. The van der Waals surface area contributed by atoms with Crippen molar-refractivity contribution < 1.29 is 9.90 Å². The van der Waals surface area contributed by atoms with Crippen molar-refractivity contribution in [2.75, 3.05) is 0 Å². The minimum absolute atomic E-state index is 0.226. The van der Waals surface area contributed by atoms with E-state index >= 15 is 0 Å². The number of fused-ring (bicyclic) bond motifs is 1. The van der Waals surface area contributed by atoms with Gasteiger partial charge in [0.25, 0.3) is 0 Å². The molecule has 1 fully saturated rings. The van der Waals surface area contributed by atoms with Crippen molar-refractivity contribution in [3.8, 4) is 0 Å². The second kappa shape index (κ2) is 5.35. The molecular formula is C15H22N2O2. The highest BCUT2D eigenvalue weighted by Gasteiger charge is 2.27. The van der Waals surface area contributed by atoms with E-state index in [0.717, 1.165) is 42.4 Å². The van der Waals surface area contributed by atoms with Crippen LogP contribution in [0.1, 0.15) is 55.7 Å². The standard InChI is InChI=1S/C15H22N2O2/c18-15(19)11-6-7-12-13(9-11)17-14(16-12)8-5-10-3-1-2-4-10/h10-11H,1-9H2,(H,16,17)(H,18,19). The van der Waals surface area contributed by atoms with Crippen molar-refractivity contribution >= 4 is 5.97 Å². The van der Waals surface area contributed by atoms with E-state index in [4.69, 9.17) is 5.11 Å². The maximum Gasteiger partial charge on any atom is 0.306 e. The summed E-state index contributed by atoms with van der Waals surface area (Å²) in [5.74, 6) is 1.06. The van der Waals surface area contributed by atoms with Crippen LogP contribution in [-0.4, -0.2) is 21.0 Å². The van der Waals surface area contributed by atoms with Crippen LogP contribution in [0.25, 0.3) is 0 Å². The number of carboxylic acids is 1. The number of aromatic amines is 1. The largest absolute Gasteiger partial charge is 0.481 e. The van der Waals surface area contributed by atoms with Gasteiger partial charge in [0.15, 0.2) is 0 Å². The molecule has 2 aliphatic rings. The van der Waals surface area contributed by atoms with Crippen molar-refractivity contribution in [2.45, 2.75) is 57.8 Å². The lowest BCUT2D eigenvalue weighted by Gasteiger charge is -2.16. The maximum absolute atomic E-state index is 11.0. The van der Waals surface area contributed by atoms with Crippen LogP contribution < -0.4 is 0 Å². The molecule has 1 saturated carbocycles. The Hall–Kier alpha value is -1.32. The fourth-order valence-corrected chi connectivity index (χ4v) is 3.51. The second-order valence-electron chi connectivity index (χ2n) is 6.08. The zero-order valence-electron chi connectivity index (χ0n) is 11.3. The van der Waals surface area contributed by atoms with E-state index in [1.54, 1.807) is 0 Å². The summed E-state index contributed by atoms with van der Waals surface area (Å²) < 4.78 is 0. The number of aromatic nitrogens is 2. The molecule has 0 aromatic carbocycles. The van der Waals surface area contributed by atoms with Crippen molar-refractivity contribution in [2.24, 2.45) is 11.8 Å². The number of nitrogens with one attached hydrogen (secondary N) is 1. The lowest BCUT2D eigenvalue weighted by molar-refractivity contribution is -0.142. The van der Waals surface area contributed by atoms with Crippen molar-refractivity contribution in [3.63, 3.8) is 0 Å². The van der Waals surface area contributed by atoms with Gasteiger partial charge in [-0.1, -0.05) is 25.7 Å². The summed E-state index contributed by atoms with van der Waals surface area (Å²) in [6, 6.07) is 0. The molecule has 0 aliphatic heterocycles. The van der Waals surface area contributed by atoms with Crippen LogP contribution in [0.4, 0.5) is 0 Å². The highest BCUT2D eigenvalue weighted by molar-refractivity contribution is 5.70. The van der Waals surface area contributed by atoms with E-state index < -0.39 is 5.97 Å². The first-order valence-electron chi connectivity index (χ1n) is 7.52. The predicted octanol–water partition coefficient (Wildman–Crippen LogP) is 2.72. The Balaban J connectivity index is 1.61. The van der Waals surface area contributed by atoms with Gasteiger partial charge in [0.1, 0.15) is 5.82 Å². The number of aliphatic carboxylic acids is 1. The van der Waals surface area contributed by atoms with Gasteiger partial charge in [-0.3, -0.25) is 4.79 Å². The first-order chi connectivity index (χ1) is 9.22. The van der Waals surface area contributed by atoms with E-state index in [2.05, 4.69) is 9.97 Å². The number of H-pyrrole nitrogens is 1. The van der Waals surface area contributed by atoms with Gasteiger partial charge in [0.2, 0.25) is 0 Å². The summed E-state index contributed by atoms with van der Waals surface area (Å²) in [6.45, 7) is 0. The summed E-state index contributed by atoms with van der Waals surface area (Å²) in [5.41, 5.74) is 2.18. The van der Waals surface area contributed by atoms with Crippen molar-refractivity contribution in [1.82, 2.24) is 9.97 Å². The third kappa shape index (κ3) is 2.82. The van der Waals surface area contributed by atoms with Gasteiger partial charge in [-0.15, -0.1) is 0 Å². The third-order valence-corrected chi connectivity index (χ3v) is 4.71. The quantitative estimate of drug-likeness (QED) is 0.876. The molecule has 0 radical (unpaired) electrons. The molecule has 104 valence electrons. The summed E-state index contributed by atoms with van der Waals surface area (Å²) in [5, 5.41) is 9.08. The summed E-state index contributed by atoms with van der Waals surface area (Å²) in [7, 11) is 0. The van der Waals surface area contributed by atoms with Gasteiger partial charge in [-0.05, 0) is 25.2 Å². The lowest BCUT2D eigenvalue weighted by Crippen LogP contribution is -2.22. The van der Waals surface area contributed by atoms with Gasteiger partial charge in [-0.2, -0.15) is 0 Å². The highest BCUT2D eigenvalue weighted by Crippen LogP contribution is 2.29. The zero-order chi connectivity index (χ0) is 13.2. The van der Waals surface area contributed by atoms with Crippen LogP contribution in [0.15, 0.2) is 0 Å². The summed E-state index contributed by atoms with van der Waals surface area (Å²) in [4.78, 5) is 19.1. The van der Waals surface area contributed by atoms with Gasteiger partial charge in [0, 0.05) is 18.5 Å². The minimum Gasteiger partial charge on any atom is -0.481 e. The molecule has 1 atom stereocenters. The topological polar surface area (TPSA) is 66.0 Å². The molecule has 1 heterocycles. The van der Waals surface area contributed by atoms with Crippen molar-refractivity contribution in [1.29, 1.82) is 0 Å². The predicted molar refractivity (Wildman–Crippen MR) is 72.0 cm³/mol. The molecule has 1 aromatic heterocycles. The number of imidazole rings is 1. The SMILES string of the molecule is O=C(O)C1CCc2nc(CCC3CCCC3)[nH]c2C1. The molecule has 1 aromatic rings. The van der Waals surface area contributed by atoms with E-state index in [-0.39, 0.29) is 5.92 Å². The third-order valence-electron chi connectivity index (χ3n) is 4.71. The highest BCUT2D eigenvalue weighted by atomic mass is 16.4. The molecule has 2 N–H and O–H groups in total. The number of rotatable bonds is 4. The number of aryl methyl sites for hydroxylation is 2. The molecule has 0 bridgehead atoms. The summed E-state index contributed by atoms with van der Waals surface area (Å²) >= 11 is 0. The Labute approximate surface area is 113 Å². The van der Waals surface area contributed by atoms with E-state index in [1.807, 2.05) is 0 Å². The van der Waals surface area contributed by atoms with Gasteiger partial charge >= 0.3 is 5.97 Å². The first kappa shape index (κ1) is 12.7. The Bertz CT molecular complexity index is 461. The molecule has 4 nitrogen and oxygen atoms in total. The zero-order valence-corrected chi connectivity index (χ0v) is 11.3. The van der Waals surface area contributed by atoms with Gasteiger partial charge < -0.3 is 10.1 Å². The van der Waals surface area contributed by atoms with E-state index in [0.29, 0.717) is 6.42 Å². The molecule has 0 amide bonds. The van der Waals surface area contributed by atoms with Gasteiger partial charge in [0.05, 0.1) is 11.6 Å². The Kier molecular flexibility index (Phi) is 3.58. The lowest BCUT2D eigenvalue weighted by atomic mass is 9.90. The Morgan fingerprint density at radius 3 is 2.84 bits per heavy atom. The number of hydrogen-bond donors (Lipinski definition) is 2. The van der Waals surface area contributed by atoms with Crippen molar-refractivity contribution in [3.05, 3.63) is 17.2 Å². The average Bonchev–Trinajstić information content (AvgIpc) is 3.04. The van der Waals surface area contributed by atoms with Crippen LogP contribution in [-0.2, 0) is 24.1 Å². The Morgan fingerprint density at radius 2 is 2.11 bits per heavy atom. The molecule has 1 unspecified atom stereocenters. The molecule has 4 heteroatoms.